The van der Waals surface area contributed by atoms with Crippen LogP contribution in [0, 0.1) is 5.92 Å². The van der Waals surface area contributed by atoms with Crippen LogP contribution < -0.4 is 10.6 Å². The van der Waals surface area contributed by atoms with Gasteiger partial charge < -0.3 is 15.5 Å². The molecule has 1 atom stereocenters. The van der Waals surface area contributed by atoms with Crippen LogP contribution in [-0.4, -0.2) is 56.8 Å². The summed E-state index contributed by atoms with van der Waals surface area (Å²) in [6, 6.07) is 0. The van der Waals surface area contributed by atoms with Gasteiger partial charge in [-0.3, -0.25) is 4.99 Å². The number of aliphatic imine (C=N–C) groups is 1. The summed E-state index contributed by atoms with van der Waals surface area (Å²) in [5, 5.41) is 5.73. The Labute approximate surface area is 148 Å². The molecule has 0 aromatic carbocycles. The van der Waals surface area contributed by atoms with Crippen molar-refractivity contribution in [1.29, 1.82) is 0 Å². The van der Waals surface area contributed by atoms with Crippen molar-refractivity contribution in [3.05, 3.63) is 0 Å². The minimum Gasteiger partial charge on any atom is -0.356 e. The smallest absolute Gasteiger partial charge is 0.356 e. The maximum absolute atomic E-state index is 12.0. The fourth-order valence-corrected chi connectivity index (χ4v) is 2.54. The maximum atomic E-state index is 12.0. The van der Waals surface area contributed by atoms with Crippen molar-refractivity contribution in [3.63, 3.8) is 0 Å². The van der Waals surface area contributed by atoms with Crippen molar-refractivity contribution in [2.45, 2.75) is 38.8 Å². The van der Waals surface area contributed by atoms with Crippen LogP contribution in [0.15, 0.2) is 4.99 Å². The Morgan fingerprint density at radius 3 is 2.55 bits per heavy atom. The standard InChI is InChI=1S/C14H27F3N4.HI/c1-12-5-3-9-21(11-12)10-4-7-19-13(18-2)20-8-6-14(15,16)17;/h12H,3-11H2,1-2H3,(H2,18,19,20);1H. The quantitative estimate of drug-likeness (QED) is 0.291. The maximum Gasteiger partial charge on any atom is 0.390 e. The van der Waals surface area contributed by atoms with Crippen LogP contribution in [0.5, 0.6) is 0 Å². The Bertz CT molecular complexity index is 324. The molecule has 0 bridgehead atoms. The van der Waals surface area contributed by atoms with E-state index in [0.29, 0.717) is 5.96 Å². The van der Waals surface area contributed by atoms with Crippen LogP contribution in [-0.2, 0) is 0 Å². The fourth-order valence-electron chi connectivity index (χ4n) is 2.54. The second-order valence-corrected chi connectivity index (χ2v) is 5.69. The van der Waals surface area contributed by atoms with Crippen molar-refractivity contribution >= 4 is 29.9 Å². The first kappa shape index (κ1) is 21.8. The Morgan fingerprint density at radius 2 is 1.95 bits per heavy atom. The van der Waals surface area contributed by atoms with Gasteiger partial charge in [0.15, 0.2) is 5.96 Å². The predicted molar refractivity (Wildman–Crippen MR) is 94.9 cm³/mol. The topological polar surface area (TPSA) is 39.7 Å². The number of likely N-dealkylation sites (tertiary alicyclic amines) is 1. The fraction of sp³-hybridized carbons (Fsp3) is 0.929. The largest absolute Gasteiger partial charge is 0.390 e. The molecule has 1 aliphatic rings. The Kier molecular flexibility index (Phi) is 11.2. The Balaban J connectivity index is 0.00000441. The zero-order chi connectivity index (χ0) is 15.7. The lowest BCUT2D eigenvalue weighted by molar-refractivity contribution is -0.132. The third-order valence-electron chi connectivity index (χ3n) is 3.61. The second kappa shape index (κ2) is 11.3. The molecule has 4 nitrogen and oxygen atoms in total. The summed E-state index contributed by atoms with van der Waals surface area (Å²) < 4.78 is 36.1. The number of hydrogen-bond acceptors (Lipinski definition) is 2. The summed E-state index contributed by atoms with van der Waals surface area (Å²) in [6.07, 6.45) is -1.44. The van der Waals surface area contributed by atoms with E-state index in [-0.39, 0.29) is 30.5 Å². The van der Waals surface area contributed by atoms with E-state index in [2.05, 4.69) is 27.4 Å². The van der Waals surface area contributed by atoms with Crippen LogP contribution in [0.1, 0.15) is 32.6 Å². The Morgan fingerprint density at radius 1 is 1.27 bits per heavy atom. The summed E-state index contributed by atoms with van der Waals surface area (Å²) in [5.74, 6) is 1.20. The zero-order valence-electron chi connectivity index (χ0n) is 13.4. The number of guanidine groups is 1. The van der Waals surface area contributed by atoms with E-state index in [9.17, 15) is 13.2 Å². The molecule has 22 heavy (non-hydrogen) atoms. The lowest BCUT2D eigenvalue weighted by atomic mass is 10.0. The average molecular weight is 436 g/mol. The molecule has 1 fully saturated rings. The molecule has 1 heterocycles. The number of halogens is 4. The van der Waals surface area contributed by atoms with Crippen molar-refractivity contribution in [2.75, 3.05) is 39.8 Å². The minimum absolute atomic E-state index is 0. The highest BCUT2D eigenvalue weighted by molar-refractivity contribution is 14.0. The molecular weight excluding hydrogens is 408 g/mol. The van der Waals surface area contributed by atoms with Gasteiger partial charge in [-0.05, 0) is 38.3 Å². The van der Waals surface area contributed by atoms with Crippen LogP contribution in [0.2, 0.25) is 0 Å². The van der Waals surface area contributed by atoms with Gasteiger partial charge in [-0.1, -0.05) is 6.92 Å². The molecule has 1 aliphatic heterocycles. The lowest BCUT2D eigenvalue weighted by Crippen LogP contribution is -2.41. The summed E-state index contributed by atoms with van der Waals surface area (Å²) >= 11 is 0. The molecule has 8 heteroatoms. The van der Waals surface area contributed by atoms with Gasteiger partial charge in [0, 0.05) is 26.7 Å². The van der Waals surface area contributed by atoms with Crippen molar-refractivity contribution in [2.24, 2.45) is 10.9 Å². The van der Waals surface area contributed by atoms with Crippen LogP contribution >= 0.6 is 24.0 Å². The third-order valence-corrected chi connectivity index (χ3v) is 3.61. The molecule has 0 radical (unpaired) electrons. The van der Waals surface area contributed by atoms with Crippen LogP contribution in [0.4, 0.5) is 13.2 Å². The lowest BCUT2D eigenvalue weighted by Gasteiger charge is -2.30. The van der Waals surface area contributed by atoms with Gasteiger partial charge in [0.2, 0.25) is 0 Å². The van der Waals surface area contributed by atoms with E-state index >= 15 is 0 Å². The average Bonchev–Trinajstić information content (AvgIpc) is 2.40. The molecule has 0 aromatic rings. The third kappa shape index (κ3) is 10.5. The number of hydrogen-bond donors (Lipinski definition) is 2. The number of nitrogens with zero attached hydrogens (tertiary/aromatic N) is 2. The zero-order valence-corrected chi connectivity index (χ0v) is 15.7. The number of nitrogens with one attached hydrogen (secondary N) is 2. The Hall–Kier alpha value is -0.250. The first-order valence-corrected chi connectivity index (χ1v) is 7.64. The van der Waals surface area contributed by atoms with Gasteiger partial charge >= 0.3 is 6.18 Å². The summed E-state index contributed by atoms with van der Waals surface area (Å²) in [5.41, 5.74) is 0. The van der Waals surface area contributed by atoms with Crippen LogP contribution in [0.25, 0.3) is 0 Å². The molecule has 1 unspecified atom stereocenters. The molecule has 2 N–H and O–H groups in total. The molecule has 132 valence electrons. The van der Waals surface area contributed by atoms with Gasteiger partial charge in [-0.2, -0.15) is 13.2 Å². The van der Waals surface area contributed by atoms with E-state index < -0.39 is 12.6 Å². The van der Waals surface area contributed by atoms with E-state index in [4.69, 9.17) is 0 Å². The number of rotatable bonds is 6. The molecule has 0 amide bonds. The van der Waals surface area contributed by atoms with Gasteiger partial charge in [0.05, 0.1) is 6.42 Å². The first-order valence-electron chi connectivity index (χ1n) is 7.64. The van der Waals surface area contributed by atoms with Crippen molar-refractivity contribution in [3.8, 4) is 0 Å². The molecule has 0 saturated carbocycles. The van der Waals surface area contributed by atoms with Crippen LogP contribution in [0.3, 0.4) is 0 Å². The highest BCUT2D eigenvalue weighted by Gasteiger charge is 2.26. The molecule has 1 saturated heterocycles. The van der Waals surface area contributed by atoms with E-state index in [1.165, 1.54) is 12.8 Å². The number of piperidine rings is 1. The van der Waals surface area contributed by atoms with Crippen molar-refractivity contribution < 1.29 is 13.2 Å². The highest BCUT2D eigenvalue weighted by atomic mass is 127. The molecule has 0 aromatic heterocycles. The second-order valence-electron chi connectivity index (χ2n) is 5.69. The minimum atomic E-state index is -4.13. The molecule has 0 spiro atoms. The first-order chi connectivity index (χ1) is 9.90. The molecular formula is C14H28F3IN4. The highest BCUT2D eigenvalue weighted by Crippen LogP contribution is 2.18. The van der Waals surface area contributed by atoms with Gasteiger partial charge in [-0.15, -0.1) is 24.0 Å². The number of alkyl halides is 3. The SMILES string of the molecule is CN=C(NCCCN1CCCC(C)C1)NCCC(F)(F)F.I. The predicted octanol–water partition coefficient (Wildman–Crippen LogP) is 2.84. The molecule has 0 aliphatic carbocycles. The summed E-state index contributed by atoms with van der Waals surface area (Å²) in [6.45, 7) is 6.18. The normalized spacial score (nSPS) is 20.4. The van der Waals surface area contributed by atoms with Gasteiger partial charge in [0.25, 0.3) is 0 Å². The monoisotopic (exact) mass is 436 g/mol. The molecule has 1 rings (SSSR count). The van der Waals surface area contributed by atoms with Gasteiger partial charge in [0.1, 0.15) is 0 Å². The van der Waals surface area contributed by atoms with E-state index in [1.54, 1.807) is 7.05 Å². The summed E-state index contributed by atoms with van der Waals surface area (Å²) in [4.78, 5) is 6.37. The van der Waals surface area contributed by atoms with Crippen molar-refractivity contribution in [1.82, 2.24) is 15.5 Å². The summed E-state index contributed by atoms with van der Waals surface area (Å²) in [7, 11) is 1.56. The van der Waals surface area contributed by atoms with Gasteiger partial charge in [-0.25, -0.2) is 0 Å². The van der Waals surface area contributed by atoms with E-state index in [0.717, 1.165) is 38.5 Å². The van der Waals surface area contributed by atoms with E-state index in [1.807, 2.05) is 0 Å².